The Balaban J connectivity index is 1.59. The molecule has 0 aliphatic heterocycles. The fourth-order valence-corrected chi connectivity index (χ4v) is 6.65. The molecule has 0 amide bonds. The van der Waals surface area contributed by atoms with Gasteiger partial charge in [0.15, 0.2) is 0 Å². The standard InChI is InChI=1S/C21H21FN2S2Se/c1-3-4-5-6-7-14-8-9-18(25-14)19-11-10-17(26-19)15-12-16(22)13(2)20-21(15)24-27-23-20/h8-12H,3-7H2,1-2H3. The first kappa shape index (κ1) is 19.0. The molecule has 0 saturated heterocycles. The second-order valence-electron chi connectivity index (χ2n) is 6.73. The third kappa shape index (κ3) is 3.95. The Kier molecular flexibility index (Phi) is 5.88. The zero-order valence-corrected chi connectivity index (χ0v) is 18.8. The summed E-state index contributed by atoms with van der Waals surface area (Å²) >= 11 is 3.44. The summed E-state index contributed by atoms with van der Waals surface area (Å²) in [4.78, 5) is 5.06. The number of aryl methyl sites for hydroxylation is 2. The summed E-state index contributed by atoms with van der Waals surface area (Å²) in [6.45, 7) is 4.03. The van der Waals surface area contributed by atoms with Crippen molar-refractivity contribution >= 4 is 48.7 Å². The van der Waals surface area contributed by atoms with Crippen LogP contribution in [-0.2, 0) is 6.42 Å². The molecule has 3 aromatic heterocycles. The predicted molar refractivity (Wildman–Crippen MR) is 116 cm³/mol. The number of hydrogen-bond donors (Lipinski definition) is 0. The molecule has 3 heterocycles. The van der Waals surface area contributed by atoms with Gasteiger partial charge in [0.2, 0.25) is 0 Å². The van der Waals surface area contributed by atoms with Gasteiger partial charge >= 0.3 is 154 Å². The van der Waals surface area contributed by atoms with Crippen molar-refractivity contribution in [2.45, 2.75) is 46.0 Å². The van der Waals surface area contributed by atoms with Crippen LogP contribution in [0.3, 0.4) is 0 Å². The van der Waals surface area contributed by atoms with Gasteiger partial charge in [0.05, 0.1) is 0 Å². The van der Waals surface area contributed by atoms with E-state index >= 15 is 0 Å². The molecule has 1 aromatic carbocycles. The Morgan fingerprint density at radius 3 is 2.52 bits per heavy atom. The van der Waals surface area contributed by atoms with Crippen molar-refractivity contribution in [3.8, 4) is 20.2 Å². The van der Waals surface area contributed by atoms with Crippen molar-refractivity contribution in [3.05, 3.63) is 46.6 Å². The Morgan fingerprint density at radius 2 is 1.67 bits per heavy atom. The van der Waals surface area contributed by atoms with E-state index in [-0.39, 0.29) is 20.8 Å². The van der Waals surface area contributed by atoms with Gasteiger partial charge in [-0.25, -0.2) is 0 Å². The van der Waals surface area contributed by atoms with Crippen LogP contribution >= 0.6 is 22.7 Å². The number of rotatable bonds is 7. The van der Waals surface area contributed by atoms with Crippen LogP contribution in [0.25, 0.3) is 31.2 Å². The van der Waals surface area contributed by atoms with Gasteiger partial charge in [0.1, 0.15) is 0 Å². The van der Waals surface area contributed by atoms with E-state index in [1.807, 2.05) is 11.3 Å². The van der Waals surface area contributed by atoms with Crippen molar-refractivity contribution in [2.24, 2.45) is 0 Å². The number of fused-ring (bicyclic) bond motifs is 1. The zero-order chi connectivity index (χ0) is 18.8. The summed E-state index contributed by atoms with van der Waals surface area (Å²) in [5.74, 6) is -0.194. The van der Waals surface area contributed by atoms with Gasteiger partial charge in [-0.05, 0) is 0 Å². The van der Waals surface area contributed by atoms with E-state index in [1.54, 1.807) is 24.3 Å². The predicted octanol–water partition coefficient (Wildman–Crippen LogP) is 6.71. The summed E-state index contributed by atoms with van der Waals surface area (Å²) in [6.07, 6.45) is 6.35. The van der Waals surface area contributed by atoms with Gasteiger partial charge in [-0.1, -0.05) is 19.8 Å². The fraction of sp³-hybridized carbons (Fsp3) is 0.333. The minimum atomic E-state index is -0.194. The van der Waals surface area contributed by atoms with Gasteiger partial charge in [-0.15, -0.1) is 0 Å². The Morgan fingerprint density at radius 1 is 0.926 bits per heavy atom. The van der Waals surface area contributed by atoms with E-state index in [0.717, 1.165) is 21.5 Å². The molecular weight excluding hydrogens is 442 g/mol. The van der Waals surface area contributed by atoms with E-state index in [0.29, 0.717) is 5.56 Å². The molecule has 4 aromatic rings. The number of nitrogens with zero attached hydrogens (tertiary/aromatic N) is 2. The van der Waals surface area contributed by atoms with Gasteiger partial charge in [-0.2, -0.15) is 0 Å². The average molecular weight is 464 g/mol. The van der Waals surface area contributed by atoms with E-state index in [1.165, 1.54) is 46.7 Å². The Labute approximate surface area is 173 Å². The van der Waals surface area contributed by atoms with Crippen molar-refractivity contribution in [2.75, 3.05) is 0 Å². The quantitative estimate of drug-likeness (QED) is 0.225. The third-order valence-electron chi connectivity index (χ3n) is 4.78. The first-order valence-electron chi connectivity index (χ1n) is 9.28. The van der Waals surface area contributed by atoms with Crippen molar-refractivity contribution < 1.29 is 4.39 Å². The monoisotopic (exact) mass is 464 g/mol. The molecule has 0 aliphatic carbocycles. The minimum absolute atomic E-state index is 0.157. The number of aromatic nitrogens is 2. The SMILES string of the molecule is CCCCCCc1ccc(-c2ccc(-c3cc(F)c(C)c4n[se]nc34)s2)s1. The molecule has 0 atom stereocenters. The van der Waals surface area contributed by atoms with Gasteiger partial charge in [-0.3, -0.25) is 0 Å². The molecule has 4 rings (SSSR count). The van der Waals surface area contributed by atoms with E-state index in [4.69, 9.17) is 0 Å². The second kappa shape index (κ2) is 8.36. The Hall–Kier alpha value is -1.33. The van der Waals surface area contributed by atoms with Crippen LogP contribution in [0.1, 0.15) is 43.0 Å². The van der Waals surface area contributed by atoms with Crippen LogP contribution in [0.2, 0.25) is 0 Å². The molecule has 0 radical (unpaired) electrons. The number of thiophene rings is 2. The molecule has 0 unspecified atom stereocenters. The fourth-order valence-electron chi connectivity index (χ4n) is 3.20. The van der Waals surface area contributed by atoms with Gasteiger partial charge in [0.25, 0.3) is 0 Å². The summed E-state index contributed by atoms with van der Waals surface area (Å²) in [7, 11) is 0. The Bertz CT molecular complexity index is 1060. The molecule has 27 heavy (non-hydrogen) atoms. The normalized spacial score (nSPS) is 11.5. The molecular formula is C21H21FN2S2Se. The van der Waals surface area contributed by atoms with Crippen LogP contribution in [0.5, 0.6) is 0 Å². The van der Waals surface area contributed by atoms with E-state index in [9.17, 15) is 4.39 Å². The number of unbranched alkanes of at least 4 members (excludes halogenated alkanes) is 3. The molecule has 0 bridgehead atoms. The second-order valence-corrected chi connectivity index (χ2v) is 10.1. The summed E-state index contributed by atoms with van der Waals surface area (Å²) in [5.41, 5.74) is 3.10. The van der Waals surface area contributed by atoms with Crippen LogP contribution in [0.15, 0.2) is 30.3 Å². The van der Waals surface area contributed by atoms with Gasteiger partial charge < -0.3 is 0 Å². The van der Waals surface area contributed by atoms with Crippen LogP contribution in [-0.4, -0.2) is 22.9 Å². The van der Waals surface area contributed by atoms with Crippen LogP contribution in [0.4, 0.5) is 4.39 Å². The molecule has 6 heteroatoms. The van der Waals surface area contributed by atoms with E-state index in [2.05, 4.69) is 39.1 Å². The number of halogens is 1. The zero-order valence-electron chi connectivity index (χ0n) is 15.4. The third-order valence-corrected chi connectivity index (χ3v) is 8.35. The van der Waals surface area contributed by atoms with Crippen molar-refractivity contribution in [3.63, 3.8) is 0 Å². The molecule has 0 N–H and O–H groups in total. The molecule has 0 aliphatic rings. The van der Waals surface area contributed by atoms with E-state index < -0.39 is 0 Å². The molecule has 0 spiro atoms. The number of hydrogen-bond acceptors (Lipinski definition) is 4. The van der Waals surface area contributed by atoms with Gasteiger partial charge in [0, 0.05) is 0 Å². The molecule has 0 saturated carbocycles. The first-order valence-corrected chi connectivity index (χ1v) is 12.4. The molecule has 0 fully saturated rings. The first-order chi connectivity index (χ1) is 13.2. The maximum absolute atomic E-state index is 14.3. The maximum atomic E-state index is 14.3. The topological polar surface area (TPSA) is 25.8 Å². The van der Waals surface area contributed by atoms with Crippen molar-refractivity contribution in [1.82, 2.24) is 7.96 Å². The summed E-state index contributed by atoms with van der Waals surface area (Å²) < 4.78 is 23.3. The molecule has 140 valence electrons. The van der Waals surface area contributed by atoms with Crippen molar-refractivity contribution in [1.29, 1.82) is 0 Å². The summed E-state index contributed by atoms with van der Waals surface area (Å²) in [6, 6.07) is 10.3. The molecule has 2 nitrogen and oxygen atoms in total. The average Bonchev–Trinajstić information content (AvgIpc) is 3.41. The summed E-state index contributed by atoms with van der Waals surface area (Å²) in [5, 5.41) is 0. The number of benzene rings is 1. The van der Waals surface area contributed by atoms with Crippen LogP contribution in [0, 0.1) is 12.7 Å². The van der Waals surface area contributed by atoms with Crippen LogP contribution < -0.4 is 0 Å².